The first-order valence-electron chi connectivity index (χ1n) is 7.37. The molecule has 5 nitrogen and oxygen atoms in total. The fourth-order valence-corrected chi connectivity index (χ4v) is 3.71. The maximum absolute atomic E-state index is 12.7. The fourth-order valence-electron chi connectivity index (χ4n) is 2.80. The first-order valence-corrected chi connectivity index (χ1v) is 8.18. The number of thiophene rings is 1. The van der Waals surface area contributed by atoms with E-state index < -0.39 is 0 Å². The third kappa shape index (κ3) is 3.83. The summed E-state index contributed by atoms with van der Waals surface area (Å²) in [6.07, 6.45) is 2.16. The zero-order valence-corrected chi connectivity index (χ0v) is 13.4. The molecule has 2 rings (SSSR count). The molecule has 1 saturated heterocycles. The van der Waals surface area contributed by atoms with Crippen molar-refractivity contribution in [2.24, 2.45) is 11.7 Å². The maximum Gasteiger partial charge on any atom is 0.264 e. The minimum Gasteiger partial charge on any atom is -0.351 e. The monoisotopic (exact) mass is 309 g/mol. The van der Waals surface area contributed by atoms with Crippen molar-refractivity contribution in [1.82, 2.24) is 10.2 Å². The quantitative estimate of drug-likeness (QED) is 0.887. The van der Waals surface area contributed by atoms with Crippen LogP contribution < -0.4 is 11.1 Å². The second kappa shape index (κ2) is 7.04. The van der Waals surface area contributed by atoms with E-state index in [0.29, 0.717) is 19.0 Å². The van der Waals surface area contributed by atoms with Gasteiger partial charge in [0.2, 0.25) is 5.91 Å². The number of piperidine rings is 1. The van der Waals surface area contributed by atoms with Gasteiger partial charge in [0.25, 0.3) is 5.91 Å². The van der Waals surface area contributed by atoms with Gasteiger partial charge in [0.1, 0.15) is 0 Å². The lowest BCUT2D eigenvalue weighted by atomic mass is 9.90. The van der Waals surface area contributed by atoms with E-state index in [1.165, 1.54) is 18.3 Å². The summed E-state index contributed by atoms with van der Waals surface area (Å²) in [6, 6.07) is 3.88. The van der Waals surface area contributed by atoms with Crippen LogP contribution in [0.2, 0.25) is 0 Å². The Balaban J connectivity index is 2.06. The predicted molar refractivity (Wildman–Crippen MR) is 84.1 cm³/mol. The van der Waals surface area contributed by atoms with E-state index in [0.717, 1.165) is 29.1 Å². The highest BCUT2D eigenvalue weighted by Gasteiger charge is 2.31. The molecule has 0 aromatic carbocycles. The molecular weight excluding hydrogens is 286 g/mol. The highest BCUT2D eigenvalue weighted by Crippen LogP contribution is 2.26. The molecule has 6 heteroatoms. The summed E-state index contributed by atoms with van der Waals surface area (Å²) in [7, 11) is 0. The molecular formula is C15H23N3O2S. The molecule has 2 amide bonds. The zero-order valence-electron chi connectivity index (χ0n) is 12.6. The Kier molecular flexibility index (Phi) is 5.36. The van der Waals surface area contributed by atoms with Crippen LogP contribution in [0, 0.1) is 5.92 Å². The molecule has 0 radical (unpaired) electrons. The van der Waals surface area contributed by atoms with Gasteiger partial charge in [-0.15, -0.1) is 11.3 Å². The van der Waals surface area contributed by atoms with Gasteiger partial charge in [-0.1, -0.05) is 6.92 Å². The Hall–Kier alpha value is -1.40. The number of likely N-dealkylation sites (tertiary alicyclic amines) is 1. The van der Waals surface area contributed by atoms with Crippen molar-refractivity contribution in [2.45, 2.75) is 39.3 Å². The highest BCUT2D eigenvalue weighted by molar-refractivity contribution is 7.14. The average molecular weight is 309 g/mol. The summed E-state index contributed by atoms with van der Waals surface area (Å²) >= 11 is 1.44. The van der Waals surface area contributed by atoms with Crippen LogP contribution in [0.3, 0.4) is 0 Å². The second-order valence-corrected chi connectivity index (χ2v) is 6.77. The molecule has 0 aliphatic carbocycles. The maximum atomic E-state index is 12.7. The van der Waals surface area contributed by atoms with Gasteiger partial charge in [-0.2, -0.15) is 0 Å². The first kappa shape index (κ1) is 16.0. The third-order valence-corrected chi connectivity index (χ3v) is 5.08. The molecule has 0 bridgehead atoms. The van der Waals surface area contributed by atoms with Crippen LogP contribution >= 0.6 is 11.3 Å². The van der Waals surface area contributed by atoms with E-state index >= 15 is 0 Å². The van der Waals surface area contributed by atoms with Crippen LogP contribution in [0.15, 0.2) is 12.1 Å². The Morgan fingerprint density at radius 1 is 1.48 bits per heavy atom. The van der Waals surface area contributed by atoms with Gasteiger partial charge in [0.05, 0.1) is 11.4 Å². The summed E-state index contributed by atoms with van der Waals surface area (Å²) in [6.45, 7) is 5.42. The number of nitrogens with two attached hydrogens (primary N) is 1. The Bertz CT molecular complexity index is 515. The molecule has 1 aliphatic rings. The number of carbonyl (C=O) groups excluding carboxylic acids is 2. The van der Waals surface area contributed by atoms with E-state index in [1.54, 1.807) is 0 Å². The fraction of sp³-hybridized carbons (Fsp3) is 0.600. The summed E-state index contributed by atoms with van der Waals surface area (Å²) in [4.78, 5) is 27.2. The molecule has 2 atom stereocenters. The van der Waals surface area contributed by atoms with Crippen LogP contribution in [0.4, 0.5) is 0 Å². The normalized spacial score (nSPS) is 22.1. The Morgan fingerprint density at radius 2 is 2.24 bits per heavy atom. The number of amides is 2. The molecule has 116 valence electrons. The van der Waals surface area contributed by atoms with Gasteiger partial charge >= 0.3 is 0 Å². The molecule has 0 spiro atoms. The lowest BCUT2D eigenvalue weighted by Gasteiger charge is -2.39. The number of rotatable bonds is 4. The highest BCUT2D eigenvalue weighted by atomic mass is 32.1. The predicted octanol–water partition coefficient (Wildman–Crippen LogP) is 1.58. The third-order valence-electron chi connectivity index (χ3n) is 4.00. The van der Waals surface area contributed by atoms with Crippen molar-refractivity contribution < 1.29 is 9.59 Å². The molecule has 2 heterocycles. The number of hydrogen-bond acceptors (Lipinski definition) is 4. The van der Waals surface area contributed by atoms with Gasteiger partial charge in [-0.05, 0) is 30.9 Å². The number of nitrogens with one attached hydrogen (secondary N) is 1. The number of nitrogens with zero attached hydrogens (tertiary/aromatic N) is 1. The van der Waals surface area contributed by atoms with Crippen molar-refractivity contribution in [1.29, 1.82) is 0 Å². The second-order valence-electron chi connectivity index (χ2n) is 5.60. The zero-order chi connectivity index (χ0) is 15.4. The topological polar surface area (TPSA) is 75.4 Å². The van der Waals surface area contributed by atoms with E-state index in [-0.39, 0.29) is 17.9 Å². The van der Waals surface area contributed by atoms with Gasteiger partial charge < -0.3 is 16.0 Å². The minimum absolute atomic E-state index is 0.0654. The lowest BCUT2D eigenvalue weighted by molar-refractivity contribution is -0.119. The molecule has 1 aromatic rings. The number of hydrogen-bond donors (Lipinski definition) is 2. The molecule has 0 unspecified atom stereocenters. The smallest absolute Gasteiger partial charge is 0.264 e. The van der Waals surface area contributed by atoms with Gasteiger partial charge in [-0.3, -0.25) is 9.59 Å². The SMILES string of the molecule is CC(=O)NCc1ccc(C(=O)N2CCC[C@H](C)[C@H]2CN)s1. The Morgan fingerprint density at radius 3 is 2.90 bits per heavy atom. The van der Waals surface area contributed by atoms with Crippen molar-refractivity contribution in [3.63, 3.8) is 0 Å². The van der Waals surface area contributed by atoms with Gasteiger partial charge in [-0.25, -0.2) is 0 Å². The van der Waals surface area contributed by atoms with Crippen LogP contribution in [-0.4, -0.2) is 35.8 Å². The average Bonchev–Trinajstić information content (AvgIpc) is 2.93. The van der Waals surface area contributed by atoms with E-state index in [4.69, 9.17) is 5.73 Å². The summed E-state index contributed by atoms with van der Waals surface area (Å²) < 4.78 is 0. The lowest BCUT2D eigenvalue weighted by Crippen LogP contribution is -2.51. The van der Waals surface area contributed by atoms with E-state index in [9.17, 15) is 9.59 Å². The van der Waals surface area contributed by atoms with E-state index in [2.05, 4.69) is 12.2 Å². The van der Waals surface area contributed by atoms with Gasteiger partial charge in [0, 0.05) is 30.9 Å². The molecule has 3 N–H and O–H groups in total. The molecule has 1 aromatic heterocycles. The summed E-state index contributed by atoms with van der Waals surface area (Å²) in [5.41, 5.74) is 5.85. The van der Waals surface area contributed by atoms with E-state index in [1.807, 2.05) is 17.0 Å². The van der Waals surface area contributed by atoms with Crippen molar-refractivity contribution >= 4 is 23.2 Å². The van der Waals surface area contributed by atoms with Crippen molar-refractivity contribution in [3.8, 4) is 0 Å². The van der Waals surface area contributed by atoms with Crippen molar-refractivity contribution in [2.75, 3.05) is 13.1 Å². The van der Waals surface area contributed by atoms with Crippen LogP contribution in [0.5, 0.6) is 0 Å². The van der Waals surface area contributed by atoms with Gasteiger partial charge in [0.15, 0.2) is 0 Å². The first-order chi connectivity index (χ1) is 10.0. The minimum atomic E-state index is -0.0654. The summed E-state index contributed by atoms with van der Waals surface area (Å²) in [5, 5.41) is 2.75. The Labute approximate surface area is 129 Å². The largest absolute Gasteiger partial charge is 0.351 e. The molecule has 0 saturated carbocycles. The molecule has 21 heavy (non-hydrogen) atoms. The standard InChI is InChI=1S/C15H23N3O2S/c1-10-4-3-7-18(13(10)8-16)15(20)14-6-5-12(21-14)9-17-11(2)19/h5-6,10,13H,3-4,7-9,16H2,1-2H3,(H,17,19)/t10-,13+/m0/s1. The van der Waals surface area contributed by atoms with Crippen LogP contribution in [0.1, 0.15) is 41.2 Å². The van der Waals surface area contributed by atoms with Crippen LogP contribution in [0.25, 0.3) is 0 Å². The molecule has 1 fully saturated rings. The summed E-state index contributed by atoms with van der Waals surface area (Å²) in [5.74, 6) is 0.451. The number of carbonyl (C=O) groups is 2. The van der Waals surface area contributed by atoms with Crippen LogP contribution in [-0.2, 0) is 11.3 Å². The van der Waals surface area contributed by atoms with Crippen molar-refractivity contribution in [3.05, 3.63) is 21.9 Å². The molecule has 1 aliphatic heterocycles.